The van der Waals surface area contributed by atoms with Crippen LogP contribution in [0.4, 0.5) is 5.69 Å². The molecule has 1 aromatic heterocycles. The first-order valence-corrected chi connectivity index (χ1v) is 8.69. The molecule has 2 amide bonds. The van der Waals surface area contributed by atoms with Crippen molar-refractivity contribution in [3.8, 4) is 5.75 Å². The van der Waals surface area contributed by atoms with Crippen molar-refractivity contribution in [1.82, 2.24) is 15.2 Å². The molecule has 0 aliphatic carbocycles. The average molecular weight is 389 g/mol. The molecular weight excluding hydrogens is 368 g/mol. The molecule has 0 spiro atoms. The number of rotatable bonds is 3. The lowest BCUT2D eigenvalue weighted by Gasteiger charge is -2.37. The zero-order valence-corrected chi connectivity index (χ0v) is 15.4. The molecule has 2 aliphatic heterocycles. The number of nitrogens with zero attached hydrogens (tertiary/aromatic N) is 2. The summed E-state index contributed by atoms with van der Waals surface area (Å²) in [7, 11) is 0. The molecule has 2 N–H and O–H groups in total. The fraction of sp³-hybridized carbons (Fsp3) is 0.316. The number of aromatic nitrogens is 1. The summed E-state index contributed by atoms with van der Waals surface area (Å²) in [5.74, 6) is 0.207. The van der Waals surface area contributed by atoms with E-state index in [0.717, 1.165) is 12.1 Å². The maximum Gasteiger partial charge on any atom is 0.266 e. The zero-order valence-electron chi connectivity index (χ0n) is 14.6. The Kier molecular flexibility index (Phi) is 5.93. The lowest BCUT2D eigenvalue weighted by atomic mass is 10.0. The van der Waals surface area contributed by atoms with E-state index in [-0.39, 0.29) is 36.7 Å². The van der Waals surface area contributed by atoms with E-state index in [0.29, 0.717) is 24.5 Å². The molecule has 2 aromatic rings. The van der Waals surface area contributed by atoms with E-state index in [9.17, 15) is 9.59 Å². The minimum Gasteiger partial charge on any atom is -0.478 e. The van der Waals surface area contributed by atoms with Crippen molar-refractivity contribution in [2.75, 3.05) is 25.0 Å². The molecule has 142 valence electrons. The number of piperazine rings is 1. The maximum absolute atomic E-state index is 12.9. The number of para-hydroxylation sites is 2. The van der Waals surface area contributed by atoms with Gasteiger partial charge < -0.3 is 20.3 Å². The Morgan fingerprint density at radius 1 is 1.26 bits per heavy atom. The van der Waals surface area contributed by atoms with Crippen molar-refractivity contribution in [3.63, 3.8) is 0 Å². The SMILES string of the molecule is Cl.O=C1Nc2ccccc2OC1CC(=O)N1CCNCC1c1cccnc1. The summed E-state index contributed by atoms with van der Waals surface area (Å²) in [6.45, 7) is 1.98. The van der Waals surface area contributed by atoms with Gasteiger partial charge in [0.1, 0.15) is 5.75 Å². The third-order valence-electron chi connectivity index (χ3n) is 4.70. The monoisotopic (exact) mass is 388 g/mol. The van der Waals surface area contributed by atoms with E-state index >= 15 is 0 Å². The Bertz CT molecular complexity index is 818. The molecule has 1 saturated heterocycles. The van der Waals surface area contributed by atoms with Gasteiger partial charge in [0.05, 0.1) is 18.2 Å². The van der Waals surface area contributed by atoms with E-state index in [1.54, 1.807) is 24.5 Å². The van der Waals surface area contributed by atoms with Gasteiger partial charge in [0.2, 0.25) is 5.91 Å². The Labute approximate surface area is 163 Å². The average Bonchev–Trinajstić information content (AvgIpc) is 2.69. The number of hydrogen-bond donors (Lipinski definition) is 2. The van der Waals surface area contributed by atoms with Crippen molar-refractivity contribution in [1.29, 1.82) is 0 Å². The number of fused-ring (bicyclic) bond motifs is 1. The standard InChI is InChI=1S/C19H20N4O3.ClH/c24-18(10-17-19(25)22-14-5-1-2-6-16(14)26-17)23-9-8-21-12-15(23)13-4-3-7-20-11-13;/h1-7,11,15,17,21H,8-10,12H2,(H,22,25);1H. The minimum absolute atomic E-state index is 0. The fourth-order valence-corrected chi connectivity index (χ4v) is 3.38. The van der Waals surface area contributed by atoms with E-state index in [4.69, 9.17) is 4.74 Å². The highest BCUT2D eigenvalue weighted by atomic mass is 35.5. The van der Waals surface area contributed by atoms with E-state index < -0.39 is 6.10 Å². The maximum atomic E-state index is 12.9. The van der Waals surface area contributed by atoms with Crippen LogP contribution in [0.3, 0.4) is 0 Å². The van der Waals surface area contributed by atoms with Gasteiger partial charge in [0.15, 0.2) is 6.10 Å². The number of anilines is 1. The van der Waals surface area contributed by atoms with Crippen molar-refractivity contribution >= 4 is 29.9 Å². The molecule has 0 bridgehead atoms. The number of halogens is 1. The number of ether oxygens (including phenoxy) is 1. The van der Waals surface area contributed by atoms with Crippen LogP contribution in [0.5, 0.6) is 5.75 Å². The van der Waals surface area contributed by atoms with Crippen LogP contribution in [0.25, 0.3) is 0 Å². The predicted octanol–water partition coefficient (Wildman–Crippen LogP) is 1.77. The number of hydrogen-bond acceptors (Lipinski definition) is 5. The fourth-order valence-electron chi connectivity index (χ4n) is 3.38. The summed E-state index contributed by atoms with van der Waals surface area (Å²) in [6.07, 6.45) is 2.68. The summed E-state index contributed by atoms with van der Waals surface area (Å²) >= 11 is 0. The number of nitrogens with one attached hydrogen (secondary N) is 2. The molecule has 2 unspecified atom stereocenters. The molecule has 0 saturated carbocycles. The van der Waals surface area contributed by atoms with Crippen LogP contribution in [0, 0.1) is 0 Å². The first-order valence-electron chi connectivity index (χ1n) is 8.69. The van der Waals surface area contributed by atoms with Gasteiger partial charge >= 0.3 is 0 Å². The summed E-state index contributed by atoms with van der Waals surface area (Å²) in [6, 6.07) is 11.0. The van der Waals surface area contributed by atoms with Gasteiger partial charge in [-0.05, 0) is 23.8 Å². The molecule has 2 atom stereocenters. The quantitative estimate of drug-likeness (QED) is 0.837. The molecular formula is C19H21ClN4O3. The van der Waals surface area contributed by atoms with Gasteiger partial charge in [-0.1, -0.05) is 18.2 Å². The Morgan fingerprint density at radius 3 is 2.93 bits per heavy atom. The Morgan fingerprint density at radius 2 is 2.11 bits per heavy atom. The molecule has 8 heteroatoms. The number of pyridine rings is 1. The third kappa shape index (κ3) is 4.04. The van der Waals surface area contributed by atoms with Crippen LogP contribution in [0.15, 0.2) is 48.8 Å². The van der Waals surface area contributed by atoms with Crippen LogP contribution in [-0.4, -0.2) is 47.4 Å². The lowest BCUT2D eigenvalue weighted by Crippen LogP contribution is -2.50. The van der Waals surface area contributed by atoms with Crippen molar-refractivity contribution in [3.05, 3.63) is 54.4 Å². The second-order valence-electron chi connectivity index (χ2n) is 6.39. The Balaban J connectivity index is 0.00000210. The summed E-state index contributed by atoms with van der Waals surface area (Å²) in [5, 5.41) is 6.12. The van der Waals surface area contributed by atoms with Crippen LogP contribution in [0.2, 0.25) is 0 Å². The van der Waals surface area contributed by atoms with E-state index in [1.165, 1.54) is 0 Å². The first-order chi connectivity index (χ1) is 12.7. The number of benzene rings is 1. The highest BCUT2D eigenvalue weighted by Gasteiger charge is 2.34. The smallest absolute Gasteiger partial charge is 0.266 e. The van der Waals surface area contributed by atoms with Gasteiger partial charge in [0, 0.05) is 32.0 Å². The first kappa shape index (κ1) is 19.1. The molecule has 2 aliphatic rings. The van der Waals surface area contributed by atoms with Crippen LogP contribution in [0.1, 0.15) is 18.0 Å². The number of amides is 2. The van der Waals surface area contributed by atoms with E-state index in [2.05, 4.69) is 15.6 Å². The topological polar surface area (TPSA) is 83.6 Å². The second-order valence-corrected chi connectivity index (χ2v) is 6.39. The second kappa shape index (κ2) is 8.37. The van der Waals surface area contributed by atoms with Crippen LogP contribution < -0.4 is 15.4 Å². The van der Waals surface area contributed by atoms with E-state index in [1.807, 2.05) is 29.2 Å². The van der Waals surface area contributed by atoms with Crippen LogP contribution in [-0.2, 0) is 9.59 Å². The van der Waals surface area contributed by atoms with Gasteiger partial charge in [-0.2, -0.15) is 0 Å². The number of carbonyl (C=O) groups is 2. The molecule has 7 nitrogen and oxygen atoms in total. The predicted molar refractivity (Wildman–Crippen MR) is 103 cm³/mol. The molecule has 1 aromatic carbocycles. The molecule has 0 radical (unpaired) electrons. The van der Waals surface area contributed by atoms with Gasteiger partial charge in [-0.15, -0.1) is 12.4 Å². The lowest BCUT2D eigenvalue weighted by molar-refractivity contribution is -0.139. The molecule has 3 heterocycles. The Hall–Kier alpha value is -2.64. The number of carbonyl (C=O) groups excluding carboxylic acids is 2. The molecule has 1 fully saturated rings. The van der Waals surface area contributed by atoms with Crippen LogP contribution >= 0.6 is 12.4 Å². The summed E-state index contributed by atoms with van der Waals surface area (Å²) in [5.41, 5.74) is 1.61. The van der Waals surface area contributed by atoms with Gasteiger partial charge in [-0.3, -0.25) is 14.6 Å². The van der Waals surface area contributed by atoms with Gasteiger partial charge in [0.25, 0.3) is 5.91 Å². The van der Waals surface area contributed by atoms with Gasteiger partial charge in [-0.25, -0.2) is 0 Å². The van der Waals surface area contributed by atoms with Crippen molar-refractivity contribution in [2.24, 2.45) is 0 Å². The zero-order chi connectivity index (χ0) is 17.9. The third-order valence-corrected chi connectivity index (χ3v) is 4.70. The summed E-state index contributed by atoms with van der Waals surface area (Å²) < 4.78 is 5.76. The largest absolute Gasteiger partial charge is 0.478 e. The normalized spacial score (nSPS) is 21.3. The van der Waals surface area contributed by atoms with Crippen molar-refractivity contribution in [2.45, 2.75) is 18.6 Å². The highest BCUT2D eigenvalue weighted by Crippen LogP contribution is 2.30. The summed E-state index contributed by atoms with van der Waals surface area (Å²) in [4.78, 5) is 31.2. The molecule has 4 rings (SSSR count). The highest BCUT2D eigenvalue weighted by molar-refractivity contribution is 6.00. The van der Waals surface area contributed by atoms with Crippen molar-refractivity contribution < 1.29 is 14.3 Å². The minimum atomic E-state index is -0.818. The molecule has 27 heavy (non-hydrogen) atoms.